The number of imide groups is 1. The third kappa shape index (κ3) is 12.6. The molecule has 1 saturated heterocycles. The van der Waals surface area contributed by atoms with Crippen LogP contribution in [0.1, 0.15) is 123 Å². The highest BCUT2D eigenvalue weighted by Crippen LogP contribution is 2.37. The van der Waals surface area contributed by atoms with E-state index in [1.165, 1.54) is 35.0 Å². The highest BCUT2D eigenvalue weighted by molar-refractivity contribution is 6.19. The number of halogens is 1. The van der Waals surface area contributed by atoms with Crippen LogP contribution in [0.5, 0.6) is 17.2 Å². The van der Waals surface area contributed by atoms with Crippen molar-refractivity contribution in [3.8, 4) is 22.9 Å². The van der Waals surface area contributed by atoms with Crippen LogP contribution in [0.2, 0.25) is 0 Å². The monoisotopic (exact) mass is 940 g/mol. The smallest absolute Gasteiger partial charge is 0.425 e. The van der Waals surface area contributed by atoms with Gasteiger partial charge in [0.1, 0.15) is 45.7 Å². The van der Waals surface area contributed by atoms with Crippen molar-refractivity contribution >= 4 is 46.8 Å². The summed E-state index contributed by atoms with van der Waals surface area (Å²) in [6, 6.07) is 15.3. The summed E-state index contributed by atoms with van der Waals surface area (Å²) in [5.41, 5.74) is -3.40. The molecule has 0 aliphatic carbocycles. The first-order valence-electron chi connectivity index (χ1n) is 22.4. The Morgan fingerprint density at radius 1 is 0.750 bits per heavy atom. The zero-order chi connectivity index (χ0) is 50.1. The van der Waals surface area contributed by atoms with Crippen LogP contribution in [0.25, 0.3) is 16.6 Å². The molecule has 16 nitrogen and oxygen atoms in total. The van der Waals surface area contributed by atoms with Gasteiger partial charge in [-0.1, -0.05) is 12.1 Å². The van der Waals surface area contributed by atoms with E-state index >= 15 is 4.79 Å². The second kappa shape index (κ2) is 19.5. The molecule has 5 aromatic rings. The lowest BCUT2D eigenvalue weighted by molar-refractivity contribution is -0.154. The van der Waals surface area contributed by atoms with Gasteiger partial charge in [0.05, 0.1) is 42.6 Å². The number of rotatable bonds is 10. The van der Waals surface area contributed by atoms with Crippen molar-refractivity contribution in [1.82, 2.24) is 14.3 Å². The molecule has 0 spiro atoms. The van der Waals surface area contributed by atoms with E-state index in [1.807, 2.05) is 0 Å². The van der Waals surface area contributed by atoms with Crippen LogP contribution in [0, 0.1) is 12.7 Å². The van der Waals surface area contributed by atoms with Gasteiger partial charge in [-0.25, -0.2) is 28.0 Å². The van der Waals surface area contributed by atoms with E-state index in [0.717, 1.165) is 10.8 Å². The molecule has 0 N–H and O–H groups in total. The molecule has 1 aliphatic rings. The largest absolute Gasteiger partial charge is 0.490 e. The number of carbonyl (C=O) groups excluding carboxylic acids is 5. The lowest BCUT2D eigenvalue weighted by atomic mass is 10.1. The van der Waals surface area contributed by atoms with E-state index in [0.29, 0.717) is 53.2 Å². The number of carbonyl (C=O) groups is 5. The molecule has 0 unspecified atom stereocenters. The average molecular weight is 941 g/mol. The van der Waals surface area contributed by atoms with E-state index < -0.39 is 58.3 Å². The number of nitrogens with zero attached hydrogens (tertiary/aromatic N) is 4. The average Bonchev–Trinajstić information content (AvgIpc) is 3.78. The Bertz CT molecular complexity index is 2690. The molecule has 3 aromatic carbocycles. The summed E-state index contributed by atoms with van der Waals surface area (Å²) < 4.78 is 57.9. The van der Waals surface area contributed by atoms with Gasteiger partial charge in [-0.2, -0.15) is 10.00 Å². The van der Waals surface area contributed by atoms with Crippen LogP contribution < -0.4 is 14.4 Å². The van der Waals surface area contributed by atoms with Crippen molar-refractivity contribution in [3.63, 3.8) is 0 Å². The number of ketones is 1. The second-order valence-corrected chi connectivity index (χ2v) is 20.5. The fourth-order valence-corrected chi connectivity index (χ4v) is 7.18. The number of hydrogen-bond acceptors (Lipinski definition) is 13. The van der Waals surface area contributed by atoms with Gasteiger partial charge in [0, 0.05) is 23.8 Å². The predicted octanol–water partition coefficient (Wildman–Crippen LogP) is 11.2. The Morgan fingerprint density at radius 3 is 1.93 bits per heavy atom. The van der Waals surface area contributed by atoms with Gasteiger partial charge in [-0.05, 0) is 144 Å². The molecule has 6 rings (SSSR count). The summed E-state index contributed by atoms with van der Waals surface area (Å²) in [6.45, 7) is 22.6. The number of anilines is 1. The van der Waals surface area contributed by atoms with Gasteiger partial charge in [-0.3, -0.25) is 9.59 Å². The molecule has 0 bridgehead atoms. The number of aryl methyl sites for hydroxylation is 1. The van der Waals surface area contributed by atoms with Crippen molar-refractivity contribution in [2.75, 3.05) is 18.1 Å². The first-order chi connectivity index (χ1) is 31.6. The maximum atomic E-state index is 15.5. The fourth-order valence-electron chi connectivity index (χ4n) is 7.18. The SMILES string of the molecule is Cc1cc(Oc2ccccc2F)ccc1-n1ncc(C(=O)c2cc3cc(OC4CCOCC4)c(CC(=O)OC(C)(C)C)cc3n2C(=O)OC(C)(C)C)c1N(C(=O)OC(C)(C)C)C(=O)OC(C)(C)C. The summed E-state index contributed by atoms with van der Waals surface area (Å²) in [5, 5.41) is 4.94. The number of aromatic nitrogens is 3. The highest BCUT2D eigenvalue weighted by Gasteiger charge is 2.40. The van der Waals surface area contributed by atoms with Gasteiger partial charge in [0.15, 0.2) is 17.4 Å². The Morgan fingerprint density at radius 2 is 1.35 bits per heavy atom. The van der Waals surface area contributed by atoms with Gasteiger partial charge in [-0.15, -0.1) is 0 Å². The maximum Gasteiger partial charge on any atom is 0.425 e. The maximum absolute atomic E-state index is 15.5. The Balaban J connectivity index is 1.60. The third-order valence-electron chi connectivity index (χ3n) is 9.82. The number of ether oxygens (including phenoxy) is 7. The van der Waals surface area contributed by atoms with Crippen molar-refractivity contribution in [2.24, 2.45) is 0 Å². The van der Waals surface area contributed by atoms with Crippen LogP contribution in [0.15, 0.2) is 66.9 Å². The van der Waals surface area contributed by atoms with Gasteiger partial charge < -0.3 is 33.2 Å². The molecule has 0 radical (unpaired) electrons. The van der Waals surface area contributed by atoms with E-state index in [9.17, 15) is 23.6 Å². The minimum atomic E-state index is -1.20. The number of hydrogen-bond donors (Lipinski definition) is 0. The van der Waals surface area contributed by atoms with Crippen LogP contribution in [-0.2, 0) is 34.9 Å². The molecule has 0 atom stereocenters. The van der Waals surface area contributed by atoms with Gasteiger partial charge in [0.2, 0.25) is 5.78 Å². The Labute approximate surface area is 395 Å². The summed E-state index contributed by atoms with van der Waals surface area (Å²) in [7, 11) is 0. The molecule has 1 fully saturated rings. The number of para-hydroxylation sites is 1. The molecule has 2 aromatic heterocycles. The van der Waals surface area contributed by atoms with E-state index in [2.05, 4.69) is 5.10 Å². The minimum Gasteiger partial charge on any atom is -0.490 e. The van der Waals surface area contributed by atoms with E-state index in [1.54, 1.807) is 120 Å². The summed E-state index contributed by atoms with van der Waals surface area (Å²) in [4.78, 5) is 72.7. The van der Waals surface area contributed by atoms with Crippen LogP contribution in [-0.4, -0.2) is 86.1 Å². The number of benzene rings is 3. The molecule has 364 valence electrons. The zero-order valence-electron chi connectivity index (χ0n) is 41.0. The standard InChI is InChI=1S/C51H61FN4O12/c1-30-24-34(64-40-17-15-14-16-36(40)52)18-19-37(30)56-44(55(46(60)67-50(8,9)10)47(61)68-51(11,12)13)35(29-53-56)43(58)39-25-31-27-41(63-33-20-22-62-23-21-33)32(28-42(57)65-48(2,3)4)26-38(31)54(39)45(59)66-49(5,6)7/h14-19,24-27,29,33H,20-23,28H2,1-13H3. The van der Waals surface area contributed by atoms with Gasteiger partial charge >= 0.3 is 24.2 Å². The minimum absolute atomic E-state index is 0.0204. The summed E-state index contributed by atoms with van der Waals surface area (Å²) in [5.74, 6) is -1.82. The molecule has 0 saturated carbocycles. The lowest BCUT2D eigenvalue weighted by Crippen LogP contribution is -2.45. The van der Waals surface area contributed by atoms with E-state index in [-0.39, 0.29) is 52.3 Å². The zero-order valence-corrected chi connectivity index (χ0v) is 41.0. The number of amides is 2. The highest BCUT2D eigenvalue weighted by atomic mass is 19.1. The molecular formula is C51H61FN4O12. The predicted molar refractivity (Wildman–Crippen MR) is 251 cm³/mol. The van der Waals surface area contributed by atoms with Crippen LogP contribution in [0.3, 0.4) is 0 Å². The van der Waals surface area contributed by atoms with Crippen molar-refractivity contribution < 1.29 is 61.5 Å². The first-order valence-corrected chi connectivity index (χ1v) is 22.4. The van der Waals surface area contributed by atoms with Crippen LogP contribution in [0.4, 0.5) is 24.6 Å². The Kier molecular flexibility index (Phi) is 14.5. The lowest BCUT2D eigenvalue weighted by Gasteiger charge is -2.29. The molecule has 17 heteroatoms. The second-order valence-electron chi connectivity index (χ2n) is 20.5. The topological polar surface area (TPSA) is 176 Å². The van der Waals surface area contributed by atoms with Crippen molar-refractivity contribution in [1.29, 1.82) is 0 Å². The summed E-state index contributed by atoms with van der Waals surface area (Å²) in [6.07, 6.45) is -1.50. The van der Waals surface area contributed by atoms with Crippen LogP contribution >= 0.6 is 0 Å². The molecular weight excluding hydrogens is 880 g/mol. The summed E-state index contributed by atoms with van der Waals surface area (Å²) >= 11 is 0. The van der Waals surface area contributed by atoms with Gasteiger partial charge in [0.25, 0.3) is 0 Å². The Hall–Kier alpha value is -6.75. The molecule has 68 heavy (non-hydrogen) atoms. The third-order valence-corrected chi connectivity index (χ3v) is 9.82. The first kappa shape index (κ1) is 50.7. The number of fused-ring (bicyclic) bond motifs is 1. The van der Waals surface area contributed by atoms with E-state index in [4.69, 9.17) is 33.2 Å². The molecule has 1 aliphatic heterocycles. The molecule has 3 heterocycles. The van der Waals surface area contributed by atoms with Crippen molar-refractivity contribution in [2.45, 2.75) is 138 Å². The fraction of sp³-hybridized carbons (Fsp3) is 0.451. The number of esters is 1. The quantitative estimate of drug-likeness (QED) is 0.0735. The molecule has 2 amide bonds. The van der Waals surface area contributed by atoms with Crippen molar-refractivity contribution in [3.05, 3.63) is 95.1 Å². The normalized spacial score (nSPS) is 13.7.